The molecule has 0 fully saturated rings. The summed E-state index contributed by atoms with van der Waals surface area (Å²) in [4.78, 5) is 16.7. The fraction of sp³-hybridized carbons (Fsp3) is 0.125. The van der Waals surface area contributed by atoms with Gasteiger partial charge in [-0.25, -0.2) is 4.98 Å². The van der Waals surface area contributed by atoms with Gasteiger partial charge in [-0.1, -0.05) is 11.6 Å². The lowest BCUT2D eigenvalue weighted by atomic mass is 10.2. The summed E-state index contributed by atoms with van der Waals surface area (Å²) in [6, 6.07) is 8.58. The molecule has 1 N–H and O–H groups in total. The maximum absolute atomic E-state index is 12.4. The zero-order valence-electron chi connectivity index (χ0n) is 12.4. The first-order valence-corrected chi connectivity index (χ1v) is 8.00. The summed E-state index contributed by atoms with van der Waals surface area (Å²) in [6.07, 6.45) is 0. The van der Waals surface area contributed by atoms with Crippen LogP contribution in [0.4, 0.5) is 5.13 Å². The van der Waals surface area contributed by atoms with E-state index in [4.69, 9.17) is 20.8 Å². The van der Waals surface area contributed by atoms with E-state index in [-0.39, 0.29) is 5.91 Å². The zero-order valence-corrected chi connectivity index (χ0v) is 14.0. The molecular formula is C16H13ClN2O3S. The second-order valence-electron chi connectivity index (χ2n) is 4.75. The van der Waals surface area contributed by atoms with Gasteiger partial charge in [-0.15, -0.1) is 11.3 Å². The molecule has 1 amide bonds. The summed E-state index contributed by atoms with van der Waals surface area (Å²) >= 11 is 7.26. The number of ether oxygens (including phenoxy) is 1. The Kier molecular flexibility index (Phi) is 4.36. The number of anilines is 1. The SMILES string of the molecule is COc1ccc(Cl)cc1C(=O)Nc1nc(-c2ccc(C)o2)cs1. The van der Waals surface area contributed by atoms with Crippen molar-refractivity contribution in [1.29, 1.82) is 0 Å². The van der Waals surface area contributed by atoms with E-state index in [1.165, 1.54) is 18.4 Å². The van der Waals surface area contributed by atoms with Crippen molar-refractivity contribution in [1.82, 2.24) is 4.98 Å². The highest BCUT2D eigenvalue weighted by Gasteiger charge is 2.15. The monoisotopic (exact) mass is 348 g/mol. The Bertz CT molecular complexity index is 857. The molecular weight excluding hydrogens is 336 g/mol. The fourth-order valence-corrected chi connectivity index (χ4v) is 2.91. The van der Waals surface area contributed by atoms with E-state index in [0.717, 1.165) is 5.76 Å². The van der Waals surface area contributed by atoms with Crippen molar-refractivity contribution in [2.75, 3.05) is 12.4 Å². The smallest absolute Gasteiger partial charge is 0.261 e. The molecule has 0 radical (unpaired) electrons. The maximum atomic E-state index is 12.4. The molecule has 3 rings (SSSR count). The minimum Gasteiger partial charge on any atom is -0.496 e. The number of rotatable bonds is 4. The lowest BCUT2D eigenvalue weighted by Gasteiger charge is -2.08. The van der Waals surface area contributed by atoms with Gasteiger partial charge in [0.2, 0.25) is 0 Å². The third kappa shape index (κ3) is 3.38. The van der Waals surface area contributed by atoms with Gasteiger partial charge in [-0.05, 0) is 37.3 Å². The van der Waals surface area contributed by atoms with E-state index in [1.54, 1.807) is 18.2 Å². The number of thiazole rings is 1. The average Bonchev–Trinajstić information content (AvgIpc) is 3.16. The minimum atomic E-state index is -0.333. The van der Waals surface area contributed by atoms with Crippen LogP contribution in [0.25, 0.3) is 11.5 Å². The largest absolute Gasteiger partial charge is 0.496 e. The van der Waals surface area contributed by atoms with Gasteiger partial charge in [0.25, 0.3) is 5.91 Å². The Morgan fingerprint density at radius 2 is 2.17 bits per heavy atom. The first-order valence-electron chi connectivity index (χ1n) is 6.74. The number of methoxy groups -OCH3 is 1. The third-order valence-electron chi connectivity index (χ3n) is 3.12. The summed E-state index contributed by atoms with van der Waals surface area (Å²) in [5, 5.41) is 5.50. The molecule has 0 unspecified atom stereocenters. The molecule has 3 aromatic rings. The molecule has 0 aliphatic rings. The number of hydrogen-bond acceptors (Lipinski definition) is 5. The number of nitrogens with one attached hydrogen (secondary N) is 1. The number of hydrogen-bond donors (Lipinski definition) is 1. The normalized spacial score (nSPS) is 10.6. The van der Waals surface area contributed by atoms with E-state index in [1.807, 2.05) is 24.4 Å². The molecule has 2 aromatic heterocycles. The third-order valence-corrected chi connectivity index (χ3v) is 4.12. The molecule has 0 aliphatic carbocycles. The van der Waals surface area contributed by atoms with Crippen molar-refractivity contribution < 1.29 is 13.9 Å². The van der Waals surface area contributed by atoms with Crippen LogP contribution in [0.5, 0.6) is 5.75 Å². The molecule has 0 bridgehead atoms. The van der Waals surface area contributed by atoms with E-state index in [0.29, 0.717) is 32.9 Å². The number of carbonyl (C=O) groups excluding carboxylic acids is 1. The summed E-state index contributed by atoms with van der Waals surface area (Å²) in [5.74, 6) is 1.59. The quantitative estimate of drug-likeness (QED) is 0.746. The number of furan rings is 1. The van der Waals surface area contributed by atoms with Gasteiger partial charge in [0.1, 0.15) is 17.2 Å². The highest BCUT2D eigenvalue weighted by atomic mass is 35.5. The lowest BCUT2D eigenvalue weighted by molar-refractivity contribution is 0.102. The van der Waals surface area contributed by atoms with Crippen LogP contribution in [0, 0.1) is 6.92 Å². The summed E-state index contributed by atoms with van der Waals surface area (Å²) in [5.41, 5.74) is 1.03. The second kappa shape index (κ2) is 6.44. The first-order chi connectivity index (χ1) is 11.1. The van der Waals surface area contributed by atoms with Crippen LogP contribution in [-0.2, 0) is 0 Å². The van der Waals surface area contributed by atoms with E-state index in [2.05, 4.69) is 10.3 Å². The second-order valence-corrected chi connectivity index (χ2v) is 6.04. The predicted molar refractivity (Wildman–Crippen MR) is 90.5 cm³/mol. The number of aromatic nitrogens is 1. The molecule has 5 nitrogen and oxygen atoms in total. The van der Waals surface area contributed by atoms with Gasteiger partial charge in [0, 0.05) is 10.4 Å². The number of carbonyl (C=O) groups is 1. The van der Waals surface area contributed by atoms with Gasteiger partial charge < -0.3 is 9.15 Å². The minimum absolute atomic E-state index is 0.333. The Labute approximate surface area is 141 Å². The lowest BCUT2D eigenvalue weighted by Crippen LogP contribution is -2.13. The van der Waals surface area contributed by atoms with Crippen LogP contribution >= 0.6 is 22.9 Å². The first kappa shape index (κ1) is 15.6. The molecule has 23 heavy (non-hydrogen) atoms. The van der Waals surface area contributed by atoms with Crippen molar-refractivity contribution in [3.63, 3.8) is 0 Å². The summed E-state index contributed by atoms with van der Waals surface area (Å²) in [6.45, 7) is 1.87. The van der Waals surface area contributed by atoms with E-state index in [9.17, 15) is 4.79 Å². The van der Waals surface area contributed by atoms with Crippen molar-refractivity contribution in [3.05, 3.63) is 52.1 Å². The van der Waals surface area contributed by atoms with Crippen LogP contribution in [0.3, 0.4) is 0 Å². The van der Waals surface area contributed by atoms with Crippen molar-refractivity contribution in [3.8, 4) is 17.2 Å². The van der Waals surface area contributed by atoms with Crippen molar-refractivity contribution in [2.45, 2.75) is 6.92 Å². The Hall–Kier alpha value is -2.31. The predicted octanol–water partition coefficient (Wildman–Crippen LogP) is 4.63. The molecule has 0 aliphatic heterocycles. The van der Waals surface area contributed by atoms with E-state index < -0.39 is 0 Å². The van der Waals surface area contributed by atoms with Crippen molar-refractivity contribution in [2.24, 2.45) is 0 Å². The topological polar surface area (TPSA) is 64.4 Å². The molecule has 1 aromatic carbocycles. The van der Waals surface area contributed by atoms with Gasteiger partial charge >= 0.3 is 0 Å². The van der Waals surface area contributed by atoms with Gasteiger partial charge in [-0.2, -0.15) is 0 Å². The average molecular weight is 349 g/mol. The molecule has 0 saturated carbocycles. The van der Waals surface area contributed by atoms with Crippen LogP contribution in [-0.4, -0.2) is 18.0 Å². The summed E-state index contributed by atoms with van der Waals surface area (Å²) in [7, 11) is 1.50. The maximum Gasteiger partial charge on any atom is 0.261 e. The van der Waals surface area contributed by atoms with Crippen LogP contribution in [0.15, 0.2) is 40.1 Å². The molecule has 0 saturated heterocycles. The molecule has 0 spiro atoms. The van der Waals surface area contributed by atoms with Crippen LogP contribution in [0.2, 0.25) is 5.02 Å². The molecule has 2 heterocycles. The zero-order chi connectivity index (χ0) is 16.4. The number of benzene rings is 1. The summed E-state index contributed by atoms with van der Waals surface area (Å²) < 4.78 is 10.7. The van der Waals surface area contributed by atoms with Crippen LogP contribution < -0.4 is 10.1 Å². The fourth-order valence-electron chi connectivity index (χ4n) is 2.04. The van der Waals surface area contributed by atoms with Crippen molar-refractivity contribution >= 4 is 34.0 Å². The Morgan fingerprint density at radius 3 is 2.87 bits per heavy atom. The molecule has 0 atom stereocenters. The highest BCUT2D eigenvalue weighted by Crippen LogP contribution is 2.28. The Morgan fingerprint density at radius 1 is 1.35 bits per heavy atom. The number of nitrogens with zero attached hydrogens (tertiary/aromatic N) is 1. The molecule has 7 heteroatoms. The van der Waals surface area contributed by atoms with Crippen LogP contribution in [0.1, 0.15) is 16.1 Å². The number of amides is 1. The van der Waals surface area contributed by atoms with Gasteiger partial charge in [0.05, 0.1) is 12.7 Å². The molecule has 118 valence electrons. The highest BCUT2D eigenvalue weighted by molar-refractivity contribution is 7.14. The number of halogens is 1. The number of aryl methyl sites for hydroxylation is 1. The Balaban J connectivity index is 1.81. The van der Waals surface area contributed by atoms with Gasteiger partial charge in [-0.3, -0.25) is 10.1 Å². The van der Waals surface area contributed by atoms with E-state index >= 15 is 0 Å². The van der Waals surface area contributed by atoms with Gasteiger partial charge in [0.15, 0.2) is 10.9 Å². The standard InChI is InChI=1S/C16H13ClN2O3S/c1-9-3-5-14(22-9)12-8-23-16(18-12)19-15(20)11-7-10(17)4-6-13(11)21-2/h3-8H,1-2H3,(H,18,19,20).